The molecule has 0 radical (unpaired) electrons. The minimum Gasteiger partial charge on any atom is -0.334 e. The SMILES string of the molecule is O=c1ccc(-c2noc(C=Cc3ccccc3Cl)n2)c[nH]1. The van der Waals surface area contributed by atoms with Gasteiger partial charge in [-0.1, -0.05) is 35.0 Å². The molecule has 2 heterocycles. The highest BCUT2D eigenvalue weighted by molar-refractivity contribution is 6.32. The van der Waals surface area contributed by atoms with Crippen LogP contribution in [0, 0.1) is 0 Å². The van der Waals surface area contributed by atoms with Gasteiger partial charge in [0, 0.05) is 28.9 Å². The van der Waals surface area contributed by atoms with Crippen LogP contribution in [-0.4, -0.2) is 15.1 Å². The number of aromatic amines is 1. The van der Waals surface area contributed by atoms with Crippen molar-refractivity contribution in [2.24, 2.45) is 0 Å². The maximum Gasteiger partial charge on any atom is 0.250 e. The lowest BCUT2D eigenvalue weighted by molar-refractivity contribution is 0.411. The van der Waals surface area contributed by atoms with E-state index in [0.717, 1.165) is 5.56 Å². The predicted octanol–water partition coefficient (Wildman–Crippen LogP) is 3.25. The molecule has 0 spiro atoms. The summed E-state index contributed by atoms with van der Waals surface area (Å²) in [5.41, 5.74) is 1.36. The van der Waals surface area contributed by atoms with Gasteiger partial charge in [0.1, 0.15) is 0 Å². The Kier molecular flexibility index (Phi) is 3.66. The van der Waals surface area contributed by atoms with Crippen molar-refractivity contribution >= 4 is 23.8 Å². The predicted molar refractivity (Wildman–Crippen MR) is 80.7 cm³/mol. The van der Waals surface area contributed by atoms with E-state index in [0.29, 0.717) is 22.3 Å². The van der Waals surface area contributed by atoms with Crippen molar-refractivity contribution in [2.75, 3.05) is 0 Å². The Bertz CT molecular complexity index is 831. The van der Waals surface area contributed by atoms with Crippen molar-refractivity contribution in [2.45, 2.75) is 0 Å². The zero-order valence-electron chi connectivity index (χ0n) is 10.8. The molecule has 0 saturated carbocycles. The van der Waals surface area contributed by atoms with E-state index in [1.807, 2.05) is 18.2 Å². The minimum absolute atomic E-state index is 0.180. The Morgan fingerprint density at radius 2 is 2.00 bits per heavy atom. The zero-order chi connectivity index (χ0) is 14.7. The van der Waals surface area contributed by atoms with Crippen LogP contribution in [0.1, 0.15) is 11.5 Å². The molecule has 0 aliphatic carbocycles. The Morgan fingerprint density at radius 3 is 2.76 bits per heavy atom. The summed E-state index contributed by atoms with van der Waals surface area (Å²) in [4.78, 5) is 17.8. The van der Waals surface area contributed by atoms with E-state index in [2.05, 4.69) is 15.1 Å². The van der Waals surface area contributed by atoms with Crippen molar-refractivity contribution in [3.63, 3.8) is 0 Å². The van der Waals surface area contributed by atoms with Crippen molar-refractivity contribution in [1.29, 1.82) is 0 Å². The number of rotatable bonds is 3. The molecule has 5 nitrogen and oxygen atoms in total. The lowest BCUT2D eigenvalue weighted by Crippen LogP contribution is -2.01. The molecule has 0 unspecified atom stereocenters. The Balaban J connectivity index is 1.84. The van der Waals surface area contributed by atoms with Crippen LogP contribution in [0.3, 0.4) is 0 Å². The number of halogens is 1. The first-order valence-corrected chi connectivity index (χ1v) is 6.55. The van der Waals surface area contributed by atoms with E-state index in [9.17, 15) is 4.79 Å². The molecule has 0 atom stereocenters. The van der Waals surface area contributed by atoms with Gasteiger partial charge < -0.3 is 9.51 Å². The lowest BCUT2D eigenvalue weighted by Gasteiger charge is -1.94. The summed E-state index contributed by atoms with van der Waals surface area (Å²) in [6.45, 7) is 0. The number of benzene rings is 1. The molecule has 3 aromatic rings. The topological polar surface area (TPSA) is 71.8 Å². The number of H-pyrrole nitrogens is 1. The van der Waals surface area contributed by atoms with Crippen molar-refractivity contribution in [1.82, 2.24) is 15.1 Å². The standard InChI is InChI=1S/C15H10ClN3O2/c16-12-4-2-1-3-10(12)6-8-14-18-15(19-21-14)11-5-7-13(20)17-9-11/h1-9H,(H,17,20). The third-order valence-corrected chi connectivity index (χ3v) is 3.14. The van der Waals surface area contributed by atoms with Crippen molar-refractivity contribution in [3.8, 4) is 11.4 Å². The van der Waals surface area contributed by atoms with Crippen LogP contribution in [0.5, 0.6) is 0 Å². The van der Waals surface area contributed by atoms with Gasteiger partial charge in [0.25, 0.3) is 5.89 Å². The van der Waals surface area contributed by atoms with E-state index in [1.165, 1.54) is 12.3 Å². The molecule has 0 aliphatic heterocycles. The highest BCUT2D eigenvalue weighted by Gasteiger charge is 2.06. The summed E-state index contributed by atoms with van der Waals surface area (Å²) >= 11 is 6.05. The summed E-state index contributed by atoms with van der Waals surface area (Å²) < 4.78 is 5.13. The highest BCUT2D eigenvalue weighted by atomic mass is 35.5. The van der Waals surface area contributed by atoms with E-state index in [4.69, 9.17) is 16.1 Å². The number of nitrogens with zero attached hydrogens (tertiary/aromatic N) is 2. The van der Waals surface area contributed by atoms with Gasteiger partial charge in [-0.25, -0.2) is 0 Å². The second kappa shape index (κ2) is 5.76. The summed E-state index contributed by atoms with van der Waals surface area (Å²) in [5, 5.41) is 4.51. The van der Waals surface area contributed by atoms with Crippen LogP contribution in [0.4, 0.5) is 0 Å². The molecule has 21 heavy (non-hydrogen) atoms. The number of hydrogen-bond donors (Lipinski definition) is 1. The van der Waals surface area contributed by atoms with Crippen LogP contribution in [0.25, 0.3) is 23.5 Å². The Hall–Kier alpha value is -2.66. The van der Waals surface area contributed by atoms with E-state index < -0.39 is 0 Å². The summed E-state index contributed by atoms with van der Waals surface area (Å²) in [6.07, 6.45) is 5.02. The molecular formula is C15H10ClN3O2. The van der Waals surface area contributed by atoms with Crippen LogP contribution < -0.4 is 5.56 Å². The van der Waals surface area contributed by atoms with Gasteiger partial charge in [0.05, 0.1) is 0 Å². The molecule has 2 aromatic heterocycles. The molecule has 0 aliphatic rings. The molecule has 1 N–H and O–H groups in total. The van der Waals surface area contributed by atoms with Crippen molar-refractivity contribution < 1.29 is 4.52 Å². The number of nitrogens with one attached hydrogen (secondary N) is 1. The van der Waals surface area contributed by atoms with Crippen molar-refractivity contribution in [3.05, 3.63) is 69.4 Å². The lowest BCUT2D eigenvalue weighted by atomic mass is 10.2. The van der Waals surface area contributed by atoms with Gasteiger partial charge >= 0.3 is 0 Å². The molecule has 0 fully saturated rings. The summed E-state index contributed by atoms with van der Waals surface area (Å²) in [5.74, 6) is 0.765. The van der Waals surface area contributed by atoms with E-state index in [1.54, 1.807) is 24.3 Å². The smallest absolute Gasteiger partial charge is 0.250 e. The fourth-order valence-electron chi connectivity index (χ4n) is 1.74. The molecule has 1 aromatic carbocycles. The highest BCUT2D eigenvalue weighted by Crippen LogP contribution is 2.18. The fraction of sp³-hybridized carbons (Fsp3) is 0. The minimum atomic E-state index is -0.180. The summed E-state index contributed by atoms with van der Waals surface area (Å²) in [6, 6.07) is 10.5. The van der Waals surface area contributed by atoms with Crippen LogP contribution in [-0.2, 0) is 0 Å². The number of aromatic nitrogens is 3. The fourth-order valence-corrected chi connectivity index (χ4v) is 1.94. The molecule has 104 valence electrons. The van der Waals surface area contributed by atoms with Gasteiger partial charge in [-0.2, -0.15) is 4.98 Å². The third kappa shape index (κ3) is 3.09. The second-order valence-electron chi connectivity index (χ2n) is 4.25. The maximum atomic E-state index is 11.0. The van der Waals surface area contributed by atoms with Gasteiger partial charge in [0.15, 0.2) is 0 Å². The maximum absolute atomic E-state index is 11.0. The second-order valence-corrected chi connectivity index (χ2v) is 4.66. The molecule has 6 heteroatoms. The van der Waals surface area contributed by atoms with Crippen LogP contribution >= 0.6 is 11.6 Å². The normalized spacial score (nSPS) is 11.1. The first-order chi connectivity index (χ1) is 10.2. The molecular weight excluding hydrogens is 290 g/mol. The first-order valence-electron chi connectivity index (χ1n) is 6.18. The average molecular weight is 300 g/mol. The summed E-state index contributed by atoms with van der Waals surface area (Å²) in [7, 11) is 0. The van der Waals surface area contributed by atoms with Crippen LogP contribution in [0.15, 0.2) is 51.9 Å². The average Bonchev–Trinajstić information content (AvgIpc) is 2.96. The Morgan fingerprint density at radius 1 is 1.14 bits per heavy atom. The first kappa shape index (κ1) is 13.3. The molecule has 3 rings (SSSR count). The van der Waals surface area contributed by atoms with E-state index in [-0.39, 0.29) is 5.56 Å². The third-order valence-electron chi connectivity index (χ3n) is 2.79. The van der Waals surface area contributed by atoms with Gasteiger partial charge in [-0.15, -0.1) is 0 Å². The van der Waals surface area contributed by atoms with Crippen LogP contribution in [0.2, 0.25) is 5.02 Å². The Labute approximate surface area is 124 Å². The van der Waals surface area contributed by atoms with E-state index >= 15 is 0 Å². The quantitative estimate of drug-likeness (QED) is 0.806. The van der Waals surface area contributed by atoms with Gasteiger partial charge in [0.2, 0.25) is 11.4 Å². The van der Waals surface area contributed by atoms with Gasteiger partial charge in [-0.05, 0) is 23.8 Å². The largest absolute Gasteiger partial charge is 0.334 e. The molecule has 0 bridgehead atoms. The zero-order valence-corrected chi connectivity index (χ0v) is 11.5. The number of pyridine rings is 1. The monoisotopic (exact) mass is 299 g/mol. The van der Waals surface area contributed by atoms with Gasteiger partial charge in [-0.3, -0.25) is 4.79 Å². The molecule has 0 amide bonds. The number of hydrogen-bond acceptors (Lipinski definition) is 4. The molecule has 0 saturated heterocycles.